The molecule has 0 amide bonds. The van der Waals surface area contributed by atoms with Gasteiger partial charge in [0.2, 0.25) is 0 Å². The van der Waals surface area contributed by atoms with Gasteiger partial charge in [-0.3, -0.25) is 4.79 Å². The number of aryl methyl sites for hydroxylation is 1. The molecule has 0 atom stereocenters. The van der Waals surface area contributed by atoms with Crippen molar-refractivity contribution in [3.63, 3.8) is 0 Å². The molecule has 0 aliphatic heterocycles. The van der Waals surface area contributed by atoms with E-state index in [1.165, 1.54) is 0 Å². The van der Waals surface area contributed by atoms with E-state index in [0.717, 1.165) is 6.54 Å². The minimum Gasteiger partial charge on any atom is -0.480 e. The molecule has 0 aromatic carbocycles. The third-order valence-corrected chi connectivity index (χ3v) is 1.95. The highest BCUT2D eigenvalue weighted by atomic mass is 16.4. The van der Waals surface area contributed by atoms with Crippen molar-refractivity contribution in [2.24, 2.45) is 0 Å². The third-order valence-electron chi connectivity index (χ3n) is 1.95. The maximum atomic E-state index is 10.6. The van der Waals surface area contributed by atoms with Gasteiger partial charge in [-0.15, -0.1) is 0 Å². The first kappa shape index (κ1) is 12.2. The molecule has 88 valence electrons. The average molecular weight is 224 g/mol. The summed E-state index contributed by atoms with van der Waals surface area (Å²) < 4.78 is 0. The SMILES string of the molecule is CCNc1cc(N(C)CC(=O)O)nc(C)n1. The van der Waals surface area contributed by atoms with Gasteiger partial charge in [-0.25, -0.2) is 9.97 Å². The van der Waals surface area contributed by atoms with E-state index in [1.54, 1.807) is 24.9 Å². The number of nitrogens with one attached hydrogen (secondary N) is 1. The summed E-state index contributed by atoms with van der Waals surface area (Å²) in [5.74, 6) is 1.04. The fraction of sp³-hybridized carbons (Fsp3) is 0.500. The van der Waals surface area contributed by atoms with Crippen molar-refractivity contribution in [3.8, 4) is 0 Å². The highest BCUT2D eigenvalue weighted by Gasteiger charge is 2.09. The van der Waals surface area contributed by atoms with Crippen LogP contribution in [-0.2, 0) is 4.79 Å². The van der Waals surface area contributed by atoms with Crippen LogP contribution in [0.15, 0.2) is 6.07 Å². The third kappa shape index (κ3) is 3.38. The van der Waals surface area contributed by atoms with Crippen LogP contribution in [0.1, 0.15) is 12.7 Å². The van der Waals surface area contributed by atoms with Crippen LogP contribution in [0.4, 0.5) is 11.6 Å². The van der Waals surface area contributed by atoms with Gasteiger partial charge in [0.05, 0.1) is 0 Å². The lowest BCUT2D eigenvalue weighted by Gasteiger charge is -2.16. The molecule has 0 fully saturated rings. The quantitative estimate of drug-likeness (QED) is 0.768. The van der Waals surface area contributed by atoms with Gasteiger partial charge >= 0.3 is 5.97 Å². The molecule has 6 heteroatoms. The summed E-state index contributed by atoms with van der Waals surface area (Å²) in [6.07, 6.45) is 0. The Hall–Kier alpha value is -1.85. The fourth-order valence-electron chi connectivity index (χ4n) is 1.30. The topological polar surface area (TPSA) is 78.4 Å². The summed E-state index contributed by atoms with van der Waals surface area (Å²) in [6, 6.07) is 1.74. The summed E-state index contributed by atoms with van der Waals surface area (Å²) >= 11 is 0. The molecule has 0 spiro atoms. The standard InChI is InChI=1S/C10H16N4O2/c1-4-11-8-5-9(13-7(2)12-8)14(3)6-10(15)16/h5H,4,6H2,1-3H3,(H,15,16)(H,11,12,13). The second-order valence-corrected chi connectivity index (χ2v) is 3.44. The number of nitrogens with zero attached hydrogens (tertiary/aromatic N) is 3. The maximum Gasteiger partial charge on any atom is 0.323 e. The van der Waals surface area contributed by atoms with Crippen molar-refractivity contribution in [1.82, 2.24) is 9.97 Å². The molecule has 0 saturated carbocycles. The van der Waals surface area contributed by atoms with Crippen LogP contribution in [0.2, 0.25) is 0 Å². The van der Waals surface area contributed by atoms with E-state index in [0.29, 0.717) is 17.5 Å². The average Bonchev–Trinajstić information content (AvgIpc) is 2.16. The summed E-state index contributed by atoms with van der Waals surface area (Å²) in [5.41, 5.74) is 0. The molecule has 0 unspecified atom stereocenters. The van der Waals surface area contributed by atoms with Crippen LogP contribution in [-0.4, -0.2) is 41.2 Å². The number of aliphatic carboxylic acids is 1. The fourth-order valence-corrected chi connectivity index (χ4v) is 1.30. The molecule has 0 saturated heterocycles. The normalized spacial score (nSPS) is 9.94. The Morgan fingerprint density at radius 2 is 2.25 bits per heavy atom. The van der Waals surface area contributed by atoms with Crippen molar-refractivity contribution in [2.45, 2.75) is 13.8 Å². The zero-order chi connectivity index (χ0) is 12.1. The Kier molecular flexibility index (Phi) is 4.04. The van der Waals surface area contributed by atoms with E-state index in [9.17, 15) is 4.79 Å². The first-order valence-corrected chi connectivity index (χ1v) is 5.05. The minimum atomic E-state index is -0.885. The maximum absolute atomic E-state index is 10.6. The van der Waals surface area contributed by atoms with Gasteiger partial charge in [-0.1, -0.05) is 0 Å². The molecule has 1 rings (SSSR count). The summed E-state index contributed by atoms with van der Waals surface area (Å²) in [5, 5.41) is 11.8. The number of carboxylic acids is 1. The Morgan fingerprint density at radius 3 is 2.81 bits per heavy atom. The van der Waals surface area contributed by atoms with E-state index >= 15 is 0 Å². The predicted octanol–water partition coefficient (Wildman–Crippen LogP) is 0.738. The monoisotopic (exact) mass is 224 g/mol. The van der Waals surface area contributed by atoms with Gasteiger partial charge in [0.1, 0.15) is 24.0 Å². The molecule has 0 bridgehead atoms. The summed E-state index contributed by atoms with van der Waals surface area (Å²) in [4.78, 5) is 20.5. The van der Waals surface area contributed by atoms with Crippen LogP contribution < -0.4 is 10.2 Å². The molecule has 2 N–H and O–H groups in total. The highest BCUT2D eigenvalue weighted by Crippen LogP contribution is 2.14. The summed E-state index contributed by atoms with van der Waals surface area (Å²) in [7, 11) is 1.69. The molecule has 0 radical (unpaired) electrons. The van der Waals surface area contributed by atoms with Gasteiger partial charge in [0.25, 0.3) is 0 Å². The summed E-state index contributed by atoms with van der Waals surface area (Å²) in [6.45, 7) is 4.43. The van der Waals surface area contributed by atoms with Crippen molar-refractivity contribution in [1.29, 1.82) is 0 Å². The van der Waals surface area contributed by atoms with E-state index in [-0.39, 0.29) is 6.54 Å². The van der Waals surface area contributed by atoms with Crippen molar-refractivity contribution in [3.05, 3.63) is 11.9 Å². The zero-order valence-electron chi connectivity index (χ0n) is 9.69. The number of hydrogen-bond acceptors (Lipinski definition) is 5. The number of likely N-dealkylation sites (N-methyl/N-ethyl adjacent to an activating group) is 1. The van der Waals surface area contributed by atoms with Gasteiger partial charge in [0, 0.05) is 19.7 Å². The lowest BCUT2D eigenvalue weighted by atomic mass is 10.4. The number of anilines is 2. The lowest BCUT2D eigenvalue weighted by Crippen LogP contribution is -2.26. The molecule has 16 heavy (non-hydrogen) atoms. The Bertz CT molecular complexity index is 381. The minimum absolute atomic E-state index is 0.0813. The second kappa shape index (κ2) is 5.29. The molecule has 0 aliphatic carbocycles. The van der Waals surface area contributed by atoms with Crippen LogP contribution in [0.3, 0.4) is 0 Å². The number of carboxylic acid groups (broad SMARTS) is 1. The van der Waals surface area contributed by atoms with Crippen molar-refractivity contribution in [2.75, 3.05) is 30.4 Å². The van der Waals surface area contributed by atoms with Crippen LogP contribution >= 0.6 is 0 Å². The zero-order valence-corrected chi connectivity index (χ0v) is 9.69. The first-order valence-electron chi connectivity index (χ1n) is 5.05. The van der Waals surface area contributed by atoms with E-state index < -0.39 is 5.97 Å². The number of aromatic nitrogens is 2. The van der Waals surface area contributed by atoms with Crippen LogP contribution in [0.5, 0.6) is 0 Å². The first-order chi connectivity index (χ1) is 7.52. The Morgan fingerprint density at radius 1 is 1.56 bits per heavy atom. The Labute approximate surface area is 94.3 Å². The van der Waals surface area contributed by atoms with Gasteiger partial charge < -0.3 is 15.3 Å². The lowest BCUT2D eigenvalue weighted by molar-refractivity contribution is -0.135. The molecule has 6 nitrogen and oxygen atoms in total. The number of rotatable bonds is 5. The smallest absolute Gasteiger partial charge is 0.323 e. The predicted molar refractivity (Wildman–Crippen MR) is 61.8 cm³/mol. The van der Waals surface area contributed by atoms with E-state index in [4.69, 9.17) is 5.11 Å². The van der Waals surface area contributed by atoms with E-state index in [2.05, 4.69) is 15.3 Å². The van der Waals surface area contributed by atoms with E-state index in [1.807, 2.05) is 6.92 Å². The molecule has 0 aliphatic rings. The molecular formula is C10H16N4O2. The van der Waals surface area contributed by atoms with Gasteiger partial charge in [0.15, 0.2) is 0 Å². The van der Waals surface area contributed by atoms with Gasteiger partial charge in [-0.05, 0) is 13.8 Å². The molecule has 1 aromatic heterocycles. The van der Waals surface area contributed by atoms with Crippen LogP contribution in [0.25, 0.3) is 0 Å². The highest BCUT2D eigenvalue weighted by molar-refractivity contribution is 5.73. The van der Waals surface area contributed by atoms with Crippen molar-refractivity contribution < 1.29 is 9.90 Å². The largest absolute Gasteiger partial charge is 0.480 e. The molecule has 1 aromatic rings. The number of hydrogen-bond donors (Lipinski definition) is 2. The number of carbonyl (C=O) groups is 1. The second-order valence-electron chi connectivity index (χ2n) is 3.44. The molecule has 1 heterocycles. The van der Waals surface area contributed by atoms with Crippen molar-refractivity contribution >= 4 is 17.6 Å². The molecular weight excluding hydrogens is 208 g/mol. The Balaban J connectivity index is 2.90. The van der Waals surface area contributed by atoms with Crippen LogP contribution in [0, 0.1) is 6.92 Å². The van der Waals surface area contributed by atoms with Gasteiger partial charge in [-0.2, -0.15) is 0 Å².